The van der Waals surface area contributed by atoms with Crippen molar-refractivity contribution >= 4 is 23.2 Å². The molecule has 2 unspecified atom stereocenters. The van der Waals surface area contributed by atoms with Gasteiger partial charge in [-0.2, -0.15) is 0 Å². The van der Waals surface area contributed by atoms with E-state index in [1.807, 2.05) is 18.2 Å². The SMILES string of the molecule is NCC1CCCCC1NCCc1ccc(Cl)cc1Cl. The Morgan fingerprint density at radius 2 is 2.00 bits per heavy atom. The van der Waals surface area contributed by atoms with Gasteiger partial charge >= 0.3 is 0 Å². The molecule has 1 aromatic carbocycles. The number of nitrogens with one attached hydrogen (secondary N) is 1. The first-order valence-corrected chi connectivity index (χ1v) is 7.83. The molecule has 2 nitrogen and oxygen atoms in total. The first-order chi connectivity index (χ1) is 9.20. The highest BCUT2D eigenvalue weighted by atomic mass is 35.5. The minimum Gasteiger partial charge on any atom is -0.330 e. The van der Waals surface area contributed by atoms with E-state index in [0.29, 0.717) is 17.0 Å². The lowest BCUT2D eigenvalue weighted by atomic mass is 9.84. The summed E-state index contributed by atoms with van der Waals surface area (Å²) in [6.45, 7) is 1.74. The molecule has 1 aliphatic carbocycles. The van der Waals surface area contributed by atoms with E-state index < -0.39 is 0 Å². The van der Waals surface area contributed by atoms with Crippen LogP contribution in [-0.2, 0) is 6.42 Å². The predicted molar refractivity (Wildman–Crippen MR) is 83.0 cm³/mol. The van der Waals surface area contributed by atoms with E-state index in [4.69, 9.17) is 28.9 Å². The summed E-state index contributed by atoms with van der Waals surface area (Å²) in [4.78, 5) is 0. The van der Waals surface area contributed by atoms with Crippen LogP contribution >= 0.6 is 23.2 Å². The van der Waals surface area contributed by atoms with Gasteiger partial charge in [0.1, 0.15) is 0 Å². The van der Waals surface area contributed by atoms with E-state index >= 15 is 0 Å². The summed E-state index contributed by atoms with van der Waals surface area (Å²) in [6, 6.07) is 6.28. The maximum Gasteiger partial charge on any atom is 0.0453 e. The smallest absolute Gasteiger partial charge is 0.0453 e. The Kier molecular flexibility index (Phi) is 5.96. The van der Waals surface area contributed by atoms with Gasteiger partial charge in [-0.1, -0.05) is 42.1 Å². The first kappa shape index (κ1) is 15.1. The zero-order valence-electron chi connectivity index (χ0n) is 11.2. The number of nitrogens with two attached hydrogens (primary N) is 1. The second kappa shape index (κ2) is 7.49. The van der Waals surface area contributed by atoms with Crippen LogP contribution in [0.3, 0.4) is 0 Å². The molecule has 0 aliphatic heterocycles. The number of halogens is 2. The number of rotatable bonds is 5. The van der Waals surface area contributed by atoms with E-state index in [9.17, 15) is 0 Å². The van der Waals surface area contributed by atoms with Gasteiger partial charge in [-0.3, -0.25) is 0 Å². The van der Waals surface area contributed by atoms with Crippen molar-refractivity contribution in [1.82, 2.24) is 5.32 Å². The molecule has 0 amide bonds. The van der Waals surface area contributed by atoms with Crippen molar-refractivity contribution in [3.8, 4) is 0 Å². The highest BCUT2D eigenvalue weighted by Crippen LogP contribution is 2.24. The standard InChI is InChI=1S/C15H22Cl2N2/c16-13-6-5-11(14(17)9-13)7-8-19-15-4-2-1-3-12(15)10-18/h5-6,9,12,15,19H,1-4,7-8,10,18H2. The lowest BCUT2D eigenvalue weighted by molar-refractivity contribution is 0.269. The number of hydrogen-bond acceptors (Lipinski definition) is 2. The molecule has 1 saturated carbocycles. The normalized spacial score (nSPS) is 23.5. The zero-order valence-corrected chi connectivity index (χ0v) is 12.7. The molecule has 0 heterocycles. The second-order valence-corrected chi connectivity index (χ2v) is 6.17. The van der Waals surface area contributed by atoms with Gasteiger partial charge in [0.15, 0.2) is 0 Å². The van der Waals surface area contributed by atoms with E-state index in [2.05, 4.69) is 5.32 Å². The highest BCUT2D eigenvalue weighted by molar-refractivity contribution is 6.35. The van der Waals surface area contributed by atoms with Gasteiger partial charge in [-0.15, -0.1) is 0 Å². The molecule has 4 heteroatoms. The largest absolute Gasteiger partial charge is 0.330 e. The number of hydrogen-bond donors (Lipinski definition) is 2. The van der Waals surface area contributed by atoms with Crippen molar-refractivity contribution in [2.45, 2.75) is 38.1 Å². The summed E-state index contributed by atoms with van der Waals surface area (Å²) in [7, 11) is 0. The molecular weight excluding hydrogens is 279 g/mol. The van der Waals surface area contributed by atoms with Crippen molar-refractivity contribution < 1.29 is 0 Å². The van der Waals surface area contributed by atoms with Gasteiger partial charge in [0.25, 0.3) is 0 Å². The first-order valence-electron chi connectivity index (χ1n) is 7.08. The van der Waals surface area contributed by atoms with Gasteiger partial charge in [0.05, 0.1) is 0 Å². The average Bonchev–Trinajstić information content (AvgIpc) is 2.42. The Morgan fingerprint density at radius 3 is 2.74 bits per heavy atom. The molecular formula is C15H22Cl2N2. The van der Waals surface area contributed by atoms with E-state index in [1.54, 1.807) is 0 Å². The average molecular weight is 301 g/mol. The molecule has 0 spiro atoms. The van der Waals surface area contributed by atoms with Crippen molar-refractivity contribution in [1.29, 1.82) is 0 Å². The minimum atomic E-state index is 0.574. The van der Waals surface area contributed by atoms with E-state index in [1.165, 1.54) is 25.7 Å². The summed E-state index contributed by atoms with van der Waals surface area (Å²) >= 11 is 12.1. The summed E-state index contributed by atoms with van der Waals surface area (Å²) < 4.78 is 0. The molecule has 1 aromatic rings. The summed E-state index contributed by atoms with van der Waals surface area (Å²) in [5, 5.41) is 5.09. The van der Waals surface area contributed by atoms with Crippen molar-refractivity contribution in [3.05, 3.63) is 33.8 Å². The van der Waals surface area contributed by atoms with Crippen LogP contribution < -0.4 is 11.1 Å². The van der Waals surface area contributed by atoms with Crippen LogP contribution in [0.15, 0.2) is 18.2 Å². The minimum absolute atomic E-state index is 0.574. The molecule has 0 bridgehead atoms. The van der Waals surface area contributed by atoms with Gasteiger partial charge in [-0.05, 0) is 56.0 Å². The van der Waals surface area contributed by atoms with Gasteiger partial charge < -0.3 is 11.1 Å². The third-order valence-electron chi connectivity index (χ3n) is 4.03. The molecule has 106 valence electrons. The molecule has 0 saturated heterocycles. The third kappa shape index (κ3) is 4.35. The molecule has 0 aromatic heterocycles. The predicted octanol–water partition coefficient (Wildman–Crippen LogP) is 3.64. The fourth-order valence-corrected chi connectivity index (χ4v) is 3.38. The fraction of sp³-hybridized carbons (Fsp3) is 0.600. The van der Waals surface area contributed by atoms with Crippen LogP contribution in [0.25, 0.3) is 0 Å². The fourth-order valence-electron chi connectivity index (χ4n) is 2.88. The molecule has 2 atom stereocenters. The summed E-state index contributed by atoms with van der Waals surface area (Å²) in [5.74, 6) is 0.634. The van der Waals surface area contributed by atoms with Crippen LogP contribution in [-0.4, -0.2) is 19.1 Å². The van der Waals surface area contributed by atoms with Crippen LogP contribution in [0.4, 0.5) is 0 Å². The van der Waals surface area contributed by atoms with Crippen molar-refractivity contribution in [3.63, 3.8) is 0 Å². The van der Waals surface area contributed by atoms with E-state index in [0.717, 1.165) is 30.1 Å². The van der Waals surface area contributed by atoms with Crippen LogP contribution in [0, 0.1) is 5.92 Å². The van der Waals surface area contributed by atoms with Crippen LogP contribution in [0.5, 0.6) is 0 Å². The molecule has 2 rings (SSSR count). The van der Waals surface area contributed by atoms with Gasteiger partial charge in [0.2, 0.25) is 0 Å². The Morgan fingerprint density at radius 1 is 1.21 bits per heavy atom. The lowest BCUT2D eigenvalue weighted by Gasteiger charge is -2.31. The third-order valence-corrected chi connectivity index (χ3v) is 4.61. The summed E-state index contributed by atoms with van der Waals surface area (Å²) in [5.41, 5.74) is 6.99. The second-order valence-electron chi connectivity index (χ2n) is 5.33. The number of benzene rings is 1. The maximum atomic E-state index is 6.17. The molecule has 1 fully saturated rings. The Balaban J connectivity index is 1.82. The van der Waals surface area contributed by atoms with Crippen LogP contribution in [0.1, 0.15) is 31.2 Å². The summed E-state index contributed by atoms with van der Waals surface area (Å²) in [6.07, 6.45) is 6.08. The molecule has 0 radical (unpaired) electrons. The van der Waals surface area contributed by atoms with Crippen LogP contribution in [0.2, 0.25) is 10.0 Å². The molecule has 3 N–H and O–H groups in total. The monoisotopic (exact) mass is 300 g/mol. The quantitative estimate of drug-likeness (QED) is 0.871. The lowest BCUT2D eigenvalue weighted by Crippen LogP contribution is -2.42. The Bertz CT molecular complexity index is 409. The van der Waals surface area contributed by atoms with Gasteiger partial charge in [-0.25, -0.2) is 0 Å². The van der Waals surface area contributed by atoms with Crippen molar-refractivity contribution in [2.75, 3.05) is 13.1 Å². The Hall–Kier alpha value is -0.280. The Labute approximate surface area is 125 Å². The molecule has 19 heavy (non-hydrogen) atoms. The van der Waals surface area contributed by atoms with Crippen molar-refractivity contribution in [2.24, 2.45) is 11.7 Å². The molecule has 1 aliphatic rings. The highest BCUT2D eigenvalue weighted by Gasteiger charge is 2.22. The topological polar surface area (TPSA) is 38.0 Å². The maximum absolute atomic E-state index is 6.17. The zero-order chi connectivity index (χ0) is 13.7. The van der Waals surface area contributed by atoms with E-state index in [-0.39, 0.29) is 0 Å². The van der Waals surface area contributed by atoms with Gasteiger partial charge in [0, 0.05) is 16.1 Å².